The standard InChI is InChI=1S/C16H20N2O/c1-3-6-15-13(16-17-9-10-18(16)2)11-12-7-4-5-8-14(12)19-15/h4-5,7-10,13,15H,3,6,11H2,1-2H3. The van der Waals surface area contributed by atoms with Crippen molar-refractivity contribution in [1.29, 1.82) is 0 Å². The Morgan fingerprint density at radius 1 is 1.37 bits per heavy atom. The molecule has 1 aliphatic heterocycles. The normalized spacial score (nSPS) is 21.8. The number of hydrogen-bond acceptors (Lipinski definition) is 2. The van der Waals surface area contributed by atoms with Crippen LogP contribution in [0.25, 0.3) is 0 Å². The minimum atomic E-state index is 0.237. The molecule has 0 radical (unpaired) electrons. The van der Waals surface area contributed by atoms with Gasteiger partial charge in [-0.25, -0.2) is 4.98 Å². The molecular formula is C16H20N2O. The number of aryl methyl sites for hydroxylation is 1. The number of benzene rings is 1. The van der Waals surface area contributed by atoms with Crippen LogP contribution in [-0.2, 0) is 13.5 Å². The van der Waals surface area contributed by atoms with Crippen LogP contribution in [0.2, 0.25) is 0 Å². The molecule has 0 fully saturated rings. The van der Waals surface area contributed by atoms with Crippen LogP contribution in [0.1, 0.15) is 37.1 Å². The third-order valence-electron chi connectivity index (χ3n) is 3.90. The molecule has 0 spiro atoms. The SMILES string of the molecule is CCCC1Oc2ccccc2CC1c1nccn1C. The molecule has 3 rings (SSSR count). The van der Waals surface area contributed by atoms with E-state index in [0.29, 0.717) is 5.92 Å². The summed E-state index contributed by atoms with van der Waals surface area (Å²) in [4.78, 5) is 4.53. The minimum Gasteiger partial charge on any atom is -0.489 e. The van der Waals surface area contributed by atoms with Gasteiger partial charge in [0.25, 0.3) is 0 Å². The Balaban J connectivity index is 1.96. The first kappa shape index (κ1) is 12.3. The average Bonchev–Trinajstić information content (AvgIpc) is 2.84. The lowest BCUT2D eigenvalue weighted by Crippen LogP contribution is -2.32. The van der Waals surface area contributed by atoms with Gasteiger partial charge >= 0.3 is 0 Å². The molecule has 0 saturated carbocycles. The summed E-state index contributed by atoms with van der Waals surface area (Å²) < 4.78 is 8.33. The first-order chi connectivity index (χ1) is 9.29. The molecule has 0 amide bonds. The summed E-state index contributed by atoms with van der Waals surface area (Å²) in [5, 5.41) is 0. The number of para-hydroxylation sites is 1. The third kappa shape index (κ3) is 2.25. The molecule has 2 unspecified atom stereocenters. The number of nitrogens with zero attached hydrogens (tertiary/aromatic N) is 2. The van der Waals surface area contributed by atoms with Crippen molar-refractivity contribution < 1.29 is 4.74 Å². The molecule has 0 bridgehead atoms. The average molecular weight is 256 g/mol. The molecular weight excluding hydrogens is 236 g/mol. The van der Waals surface area contributed by atoms with E-state index in [1.54, 1.807) is 0 Å². The van der Waals surface area contributed by atoms with E-state index >= 15 is 0 Å². The topological polar surface area (TPSA) is 27.1 Å². The monoisotopic (exact) mass is 256 g/mol. The van der Waals surface area contributed by atoms with Gasteiger partial charge in [-0.15, -0.1) is 0 Å². The highest BCUT2D eigenvalue weighted by Gasteiger charge is 2.32. The molecule has 0 N–H and O–H groups in total. The summed E-state index contributed by atoms with van der Waals surface area (Å²) in [7, 11) is 2.06. The maximum absolute atomic E-state index is 6.21. The van der Waals surface area contributed by atoms with Crippen molar-refractivity contribution in [3.8, 4) is 5.75 Å². The fourth-order valence-corrected chi connectivity index (χ4v) is 2.94. The number of aromatic nitrogens is 2. The van der Waals surface area contributed by atoms with Gasteiger partial charge in [0.05, 0.1) is 5.92 Å². The van der Waals surface area contributed by atoms with Crippen LogP contribution in [0, 0.1) is 0 Å². The lowest BCUT2D eigenvalue weighted by atomic mass is 9.87. The van der Waals surface area contributed by atoms with Crippen LogP contribution >= 0.6 is 0 Å². The highest BCUT2D eigenvalue weighted by molar-refractivity contribution is 5.37. The summed E-state index contributed by atoms with van der Waals surface area (Å²) in [5.74, 6) is 2.54. The van der Waals surface area contributed by atoms with Crippen molar-refractivity contribution in [1.82, 2.24) is 9.55 Å². The summed E-state index contributed by atoms with van der Waals surface area (Å²) in [6.07, 6.45) is 7.35. The molecule has 1 aromatic carbocycles. The van der Waals surface area contributed by atoms with Crippen molar-refractivity contribution in [2.45, 2.75) is 38.2 Å². The Hall–Kier alpha value is -1.77. The molecule has 1 aliphatic rings. The predicted molar refractivity (Wildman–Crippen MR) is 75.4 cm³/mol. The fourth-order valence-electron chi connectivity index (χ4n) is 2.94. The van der Waals surface area contributed by atoms with E-state index in [1.165, 1.54) is 5.56 Å². The number of imidazole rings is 1. The molecule has 100 valence electrons. The molecule has 2 aromatic rings. The number of hydrogen-bond donors (Lipinski definition) is 0. The summed E-state index contributed by atoms with van der Waals surface area (Å²) in [5.41, 5.74) is 1.29. The number of ether oxygens (including phenoxy) is 1. The van der Waals surface area contributed by atoms with Crippen LogP contribution < -0.4 is 4.74 Å². The van der Waals surface area contributed by atoms with E-state index in [0.717, 1.165) is 30.8 Å². The van der Waals surface area contributed by atoms with Crippen LogP contribution in [0.15, 0.2) is 36.7 Å². The van der Waals surface area contributed by atoms with Crippen molar-refractivity contribution in [2.75, 3.05) is 0 Å². The van der Waals surface area contributed by atoms with Gasteiger partial charge in [-0.05, 0) is 24.5 Å². The van der Waals surface area contributed by atoms with E-state index in [1.807, 2.05) is 18.5 Å². The molecule has 2 atom stereocenters. The van der Waals surface area contributed by atoms with Gasteiger partial charge < -0.3 is 9.30 Å². The molecule has 19 heavy (non-hydrogen) atoms. The molecule has 0 saturated heterocycles. The summed E-state index contributed by atoms with van der Waals surface area (Å²) in [6, 6.07) is 8.36. The Kier molecular flexibility index (Phi) is 3.28. The first-order valence-electron chi connectivity index (χ1n) is 7.01. The predicted octanol–water partition coefficient (Wildman–Crippen LogP) is 3.31. The van der Waals surface area contributed by atoms with Crippen LogP contribution in [0.4, 0.5) is 0 Å². The van der Waals surface area contributed by atoms with Crippen LogP contribution in [-0.4, -0.2) is 15.7 Å². The van der Waals surface area contributed by atoms with Gasteiger partial charge in [-0.3, -0.25) is 0 Å². The van der Waals surface area contributed by atoms with Gasteiger partial charge in [-0.2, -0.15) is 0 Å². The Morgan fingerprint density at radius 3 is 2.95 bits per heavy atom. The quantitative estimate of drug-likeness (QED) is 0.842. The van der Waals surface area contributed by atoms with E-state index in [2.05, 4.69) is 41.7 Å². The maximum atomic E-state index is 6.21. The largest absolute Gasteiger partial charge is 0.489 e. The van der Waals surface area contributed by atoms with Gasteiger partial charge in [0.2, 0.25) is 0 Å². The van der Waals surface area contributed by atoms with Gasteiger partial charge in [0, 0.05) is 19.4 Å². The third-order valence-corrected chi connectivity index (χ3v) is 3.90. The molecule has 3 nitrogen and oxygen atoms in total. The second-order valence-electron chi connectivity index (χ2n) is 5.26. The lowest BCUT2D eigenvalue weighted by Gasteiger charge is -2.33. The smallest absolute Gasteiger partial charge is 0.122 e. The molecule has 3 heteroatoms. The molecule has 0 aliphatic carbocycles. The van der Waals surface area contributed by atoms with E-state index < -0.39 is 0 Å². The molecule has 2 heterocycles. The highest BCUT2D eigenvalue weighted by Crippen LogP contribution is 2.37. The Bertz CT molecular complexity index is 561. The zero-order valence-corrected chi connectivity index (χ0v) is 11.5. The second-order valence-corrected chi connectivity index (χ2v) is 5.26. The van der Waals surface area contributed by atoms with Crippen LogP contribution in [0.3, 0.4) is 0 Å². The van der Waals surface area contributed by atoms with Crippen molar-refractivity contribution in [3.63, 3.8) is 0 Å². The van der Waals surface area contributed by atoms with Crippen molar-refractivity contribution in [3.05, 3.63) is 48.0 Å². The zero-order chi connectivity index (χ0) is 13.2. The molecule has 1 aromatic heterocycles. The van der Waals surface area contributed by atoms with Crippen molar-refractivity contribution >= 4 is 0 Å². The van der Waals surface area contributed by atoms with Gasteiger partial charge in [-0.1, -0.05) is 31.5 Å². The lowest BCUT2D eigenvalue weighted by molar-refractivity contribution is 0.134. The minimum absolute atomic E-state index is 0.237. The maximum Gasteiger partial charge on any atom is 0.122 e. The first-order valence-corrected chi connectivity index (χ1v) is 7.01. The highest BCUT2D eigenvalue weighted by atomic mass is 16.5. The zero-order valence-electron chi connectivity index (χ0n) is 11.5. The fraction of sp³-hybridized carbons (Fsp3) is 0.438. The van der Waals surface area contributed by atoms with E-state index in [4.69, 9.17) is 4.74 Å². The van der Waals surface area contributed by atoms with E-state index in [9.17, 15) is 0 Å². The van der Waals surface area contributed by atoms with Gasteiger partial charge in [0.15, 0.2) is 0 Å². The Morgan fingerprint density at radius 2 is 2.21 bits per heavy atom. The van der Waals surface area contributed by atoms with Gasteiger partial charge in [0.1, 0.15) is 17.7 Å². The second kappa shape index (κ2) is 5.08. The Labute approximate surface area is 114 Å². The van der Waals surface area contributed by atoms with Crippen LogP contribution in [0.5, 0.6) is 5.75 Å². The number of fused-ring (bicyclic) bond motifs is 1. The summed E-state index contributed by atoms with van der Waals surface area (Å²) >= 11 is 0. The summed E-state index contributed by atoms with van der Waals surface area (Å²) in [6.45, 7) is 2.21. The van der Waals surface area contributed by atoms with E-state index in [-0.39, 0.29) is 6.10 Å². The van der Waals surface area contributed by atoms with Crippen molar-refractivity contribution in [2.24, 2.45) is 7.05 Å². The number of rotatable bonds is 3.